The molecular weight excluding hydrogens is 500 g/mol. The van der Waals surface area contributed by atoms with Crippen molar-refractivity contribution >= 4 is 0 Å². The molecule has 0 unspecified atom stereocenters. The largest absolute Gasteiger partial charge is 0.507 e. The highest BCUT2D eigenvalue weighted by atomic mass is 16.3. The zero-order valence-electron chi connectivity index (χ0n) is 30.5. The van der Waals surface area contributed by atoms with Gasteiger partial charge in [-0.05, 0) is 65.9 Å². The van der Waals surface area contributed by atoms with E-state index in [-0.39, 0.29) is 32.5 Å². The zero-order valence-corrected chi connectivity index (χ0v) is 30.5. The molecule has 0 aliphatic carbocycles. The summed E-state index contributed by atoms with van der Waals surface area (Å²) in [5.41, 5.74) is 7.21. The first kappa shape index (κ1) is 35.2. The van der Waals surface area contributed by atoms with Gasteiger partial charge in [-0.1, -0.05) is 151 Å². The molecule has 41 heavy (non-hydrogen) atoms. The summed E-state index contributed by atoms with van der Waals surface area (Å²) in [5.74, 6) is 0.865. The van der Waals surface area contributed by atoms with Crippen molar-refractivity contribution in [1.82, 2.24) is 0 Å². The lowest BCUT2D eigenvalue weighted by atomic mass is 9.60. The second-order valence-electron chi connectivity index (χ2n) is 19.3. The predicted molar refractivity (Wildman–Crippen MR) is 181 cm³/mol. The van der Waals surface area contributed by atoms with Crippen molar-refractivity contribution in [3.63, 3.8) is 0 Å². The number of phenolic OH excluding ortho intramolecular Hbond substituents is 2. The summed E-state index contributed by atoms with van der Waals surface area (Å²) in [4.78, 5) is 0. The van der Waals surface area contributed by atoms with Crippen molar-refractivity contribution in [2.24, 2.45) is 0 Å². The quantitative estimate of drug-likeness (QED) is 0.381. The average molecular weight is 565 g/mol. The van der Waals surface area contributed by atoms with Crippen molar-refractivity contribution in [2.45, 2.75) is 176 Å². The molecule has 0 heterocycles. The molecule has 0 saturated heterocycles. The highest BCUT2D eigenvalue weighted by molar-refractivity contribution is 5.65. The molecule has 2 nitrogen and oxygen atoms in total. The zero-order chi connectivity index (χ0) is 32.7. The van der Waals surface area contributed by atoms with E-state index in [1.165, 1.54) is 22.3 Å². The van der Waals surface area contributed by atoms with Gasteiger partial charge in [0.15, 0.2) is 0 Å². The predicted octanol–water partition coefficient (Wildman–Crippen LogP) is 11.2. The summed E-state index contributed by atoms with van der Waals surface area (Å²) in [6.45, 7) is 44.8. The molecule has 2 aromatic carbocycles. The number of phenols is 2. The molecule has 0 spiro atoms. The molecule has 0 fully saturated rings. The van der Waals surface area contributed by atoms with Crippen molar-refractivity contribution in [1.29, 1.82) is 0 Å². The van der Waals surface area contributed by atoms with E-state index in [1.54, 1.807) is 0 Å². The van der Waals surface area contributed by atoms with Crippen molar-refractivity contribution in [3.05, 3.63) is 56.6 Å². The fourth-order valence-electron chi connectivity index (χ4n) is 6.64. The highest BCUT2D eigenvalue weighted by Gasteiger charge is 2.43. The van der Waals surface area contributed by atoms with Gasteiger partial charge in [0.1, 0.15) is 11.5 Å². The van der Waals surface area contributed by atoms with Crippen LogP contribution in [0.4, 0.5) is 0 Å². The van der Waals surface area contributed by atoms with Crippen LogP contribution in [0.1, 0.15) is 183 Å². The third-order valence-electron chi connectivity index (χ3n) is 8.56. The van der Waals surface area contributed by atoms with Gasteiger partial charge in [-0.3, -0.25) is 0 Å². The first-order valence-corrected chi connectivity index (χ1v) is 15.6. The van der Waals surface area contributed by atoms with Crippen LogP contribution in [0.5, 0.6) is 11.5 Å². The van der Waals surface area contributed by atoms with Crippen LogP contribution in [-0.4, -0.2) is 10.2 Å². The second kappa shape index (κ2) is 10.1. The third kappa shape index (κ3) is 6.67. The van der Waals surface area contributed by atoms with Gasteiger partial charge in [-0.15, -0.1) is 0 Å². The SMILES string of the molecule is CC(C)(C)c1cc(C(C)(C)c2cc(C(C)(C)C)c(O)c(C(C)(C)C)c2C(C)(C)C)c(C(C)(C)C)c(C(C)(C)C)c1O. The first-order valence-electron chi connectivity index (χ1n) is 15.6. The number of rotatable bonds is 2. The van der Waals surface area contributed by atoms with E-state index in [1.807, 2.05) is 0 Å². The third-order valence-corrected chi connectivity index (χ3v) is 8.56. The van der Waals surface area contributed by atoms with Crippen LogP contribution in [0, 0.1) is 0 Å². The molecule has 0 aliphatic heterocycles. The lowest BCUT2D eigenvalue weighted by molar-refractivity contribution is 0.405. The fourth-order valence-corrected chi connectivity index (χ4v) is 6.64. The van der Waals surface area contributed by atoms with Crippen LogP contribution in [0.15, 0.2) is 12.1 Å². The molecule has 2 N–H and O–H groups in total. The Balaban J connectivity index is 3.45. The molecule has 232 valence electrons. The summed E-state index contributed by atoms with van der Waals surface area (Å²) < 4.78 is 0. The lowest BCUT2D eigenvalue weighted by Crippen LogP contribution is -2.35. The minimum absolute atomic E-state index is 0.207. The minimum Gasteiger partial charge on any atom is -0.507 e. The van der Waals surface area contributed by atoms with E-state index < -0.39 is 5.41 Å². The van der Waals surface area contributed by atoms with Crippen molar-refractivity contribution < 1.29 is 10.2 Å². The molecule has 0 bridgehead atoms. The normalized spacial score (nSPS) is 14.5. The molecule has 0 aliphatic rings. The van der Waals surface area contributed by atoms with Gasteiger partial charge in [-0.2, -0.15) is 0 Å². The molecule has 0 saturated carbocycles. The maximum atomic E-state index is 12.0. The van der Waals surface area contributed by atoms with Crippen LogP contribution in [0.2, 0.25) is 0 Å². The maximum Gasteiger partial charge on any atom is 0.123 e. The number of aromatic hydroxyl groups is 2. The molecule has 0 aromatic heterocycles. The molecule has 0 radical (unpaired) electrons. The van der Waals surface area contributed by atoms with Crippen LogP contribution in [0.3, 0.4) is 0 Å². The fraction of sp³-hybridized carbons (Fsp3) is 0.692. The number of benzene rings is 2. The van der Waals surface area contributed by atoms with Gasteiger partial charge < -0.3 is 10.2 Å². The van der Waals surface area contributed by atoms with Gasteiger partial charge >= 0.3 is 0 Å². The molecular formula is C39H64O2. The average Bonchev–Trinajstić information content (AvgIpc) is 2.67. The Bertz CT molecular complexity index is 1190. The van der Waals surface area contributed by atoms with Crippen LogP contribution < -0.4 is 0 Å². The summed E-state index contributed by atoms with van der Waals surface area (Å²) in [7, 11) is 0. The monoisotopic (exact) mass is 564 g/mol. The van der Waals surface area contributed by atoms with E-state index >= 15 is 0 Å². The minimum atomic E-state index is -0.424. The van der Waals surface area contributed by atoms with Gasteiger partial charge in [0.25, 0.3) is 0 Å². The summed E-state index contributed by atoms with van der Waals surface area (Å²) in [6, 6.07) is 4.61. The summed E-state index contributed by atoms with van der Waals surface area (Å²) in [5, 5.41) is 23.9. The highest BCUT2D eigenvalue weighted by Crippen LogP contribution is 2.54. The Hall–Kier alpha value is -1.96. The Morgan fingerprint density at radius 2 is 0.537 bits per heavy atom. The van der Waals surface area contributed by atoms with Crippen LogP contribution in [0.25, 0.3) is 0 Å². The smallest absolute Gasteiger partial charge is 0.123 e. The molecule has 0 atom stereocenters. The molecule has 2 heteroatoms. The number of hydrogen-bond donors (Lipinski definition) is 2. The Morgan fingerprint density at radius 1 is 0.317 bits per heavy atom. The summed E-state index contributed by atoms with van der Waals surface area (Å²) >= 11 is 0. The van der Waals surface area contributed by atoms with Gasteiger partial charge in [0.2, 0.25) is 0 Å². The van der Waals surface area contributed by atoms with Crippen molar-refractivity contribution in [3.8, 4) is 11.5 Å². The first-order chi connectivity index (χ1) is 17.8. The van der Waals surface area contributed by atoms with Crippen LogP contribution >= 0.6 is 0 Å². The van der Waals surface area contributed by atoms with E-state index in [0.29, 0.717) is 11.5 Å². The molecule has 0 amide bonds. The Labute approximate surface area is 254 Å². The Morgan fingerprint density at radius 3 is 0.707 bits per heavy atom. The van der Waals surface area contributed by atoms with E-state index in [0.717, 1.165) is 22.3 Å². The van der Waals surface area contributed by atoms with Crippen LogP contribution in [-0.2, 0) is 37.9 Å². The summed E-state index contributed by atoms with van der Waals surface area (Å²) in [6.07, 6.45) is 0. The van der Waals surface area contributed by atoms with Gasteiger partial charge in [0, 0.05) is 16.5 Å². The topological polar surface area (TPSA) is 40.5 Å². The van der Waals surface area contributed by atoms with E-state index in [4.69, 9.17) is 0 Å². The molecule has 2 rings (SSSR count). The lowest BCUT2D eigenvalue weighted by Gasteiger charge is -2.44. The Kier molecular flexibility index (Phi) is 8.64. The standard InChI is InChI=1S/C39H64O2/c1-33(2,3)25-21-23(27(35(7,8)9)29(31(25)40)37(13,14)15)39(19,20)24-22-26(34(4,5)6)32(41)30(38(16,17)18)28(24)36(10,11)12/h21-22,40-41H,1-20H3. The second-order valence-corrected chi connectivity index (χ2v) is 19.3. The van der Waals surface area contributed by atoms with E-state index in [2.05, 4.69) is 151 Å². The maximum absolute atomic E-state index is 12.0. The van der Waals surface area contributed by atoms with Crippen molar-refractivity contribution in [2.75, 3.05) is 0 Å². The van der Waals surface area contributed by atoms with E-state index in [9.17, 15) is 10.2 Å². The van der Waals surface area contributed by atoms with Gasteiger partial charge in [0.05, 0.1) is 0 Å². The number of hydrogen-bond acceptors (Lipinski definition) is 2. The molecule has 2 aromatic rings. The van der Waals surface area contributed by atoms with Gasteiger partial charge in [-0.25, -0.2) is 0 Å².